The molecule has 6 nitrogen and oxygen atoms in total. The van der Waals surface area contributed by atoms with E-state index < -0.39 is 5.97 Å². The molecule has 0 aliphatic heterocycles. The third kappa shape index (κ3) is 3.57. The average Bonchev–Trinajstić information content (AvgIpc) is 2.85. The molecule has 2 aromatic rings. The molecule has 0 saturated carbocycles. The topological polar surface area (TPSA) is 85.5 Å². The summed E-state index contributed by atoms with van der Waals surface area (Å²) in [7, 11) is 0. The lowest BCUT2D eigenvalue weighted by molar-refractivity contribution is 0.0696. The molecular formula is C13H13BrN2O4. The predicted octanol–water partition coefficient (Wildman–Crippen LogP) is 3.06. The molecule has 1 N–H and O–H groups in total. The van der Waals surface area contributed by atoms with E-state index in [1.165, 1.54) is 12.1 Å². The highest BCUT2D eigenvalue weighted by atomic mass is 79.9. The summed E-state index contributed by atoms with van der Waals surface area (Å²) < 4.78 is 11.1. The first-order valence-corrected chi connectivity index (χ1v) is 6.86. The van der Waals surface area contributed by atoms with E-state index in [0.717, 1.165) is 12.8 Å². The van der Waals surface area contributed by atoms with Gasteiger partial charge in [0, 0.05) is 6.42 Å². The zero-order valence-corrected chi connectivity index (χ0v) is 12.4. The Morgan fingerprint density at radius 2 is 2.30 bits per heavy atom. The summed E-state index contributed by atoms with van der Waals surface area (Å²) >= 11 is 3.26. The smallest absolute Gasteiger partial charge is 0.335 e. The van der Waals surface area contributed by atoms with Gasteiger partial charge < -0.3 is 14.4 Å². The number of aromatic carboxylic acids is 1. The molecule has 0 aliphatic rings. The zero-order valence-electron chi connectivity index (χ0n) is 10.8. The Balaban J connectivity index is 2.01. The highest BCUT2D eigenvalue weighted by Gasteiger charge is 2.10. The molecule has 0 aliphatic carbocycles. The molecule has 0 fully saturated rings. The summed E-state index contributed by atoms with van der Waals surface area (Å²) in [4.78, 5) is 15.0. The highest BCUT2D eigenvalue weighted by molar-refractivity contribution is 9.10. The second-order valence-electron chi connectivity index (χ2n) is 4.09. The highest BCUT2D eigenvalue weighted by Crippen LogP contribution is 2.26. The largest absolute Gasteiger partial charge is 0.483 e. The number of ether oxygens (including phenoxy) is 1. The van der Waals surface area contributed by atoms with E-state index in [1.54, 1.807) is 6.07 Å². The van der Waals surface area contributed by atoms with Gasteiger partial charge in [0.2, 0.25) is 0 Å². The van der Waals surface area contributed by atoms with E-state index in [0.29, 0.717) is 21.9 Å². The van der Waals surface area contributed by atoms with E-state index >= 15 is 0 Å². The second kappa shape index (κ2) is 6.51. The van der Waals surface area contributed by atoms with Crippen LogP contribution in [0.1, 0.15) is 35.4 Å². The van der Waals surface area contributed by atoms with Crippen LogP contribution in [0.15, 0.2) is 27.2 Å². The molecule has 2 rings (SSSR count). The van der Waals surface area contributed by atoms with Crippen molar-refractivity contribution in [3.8, 4) is 5.75 Å². The SMILES string of the molecule is CCCc1noc(COc2ccc(C(=O)O)cc2Br)n1. The van der Waals surface area contributed by atoms with Crippen molar-refractivity contribution >= 4 is 21.9 Å². The minimum atomic E-state index is -0.988. The van der Waals surface area contributed by atoms with Crippen LogP contribution in [0.5, 0.6) is 5.75 Å². The van der Waals surface area contributed by atoms with Crippen molar-refractivity contribution in [2.75, 3.05) is 0 Å². The Hall–Kier alpha value is -1.89. The van der Waals surface area contributed by atoms with Gasteiger partial charge in [-0.05, 0) is 40.5 Å². The monoisotopic (exact) mass is 340 g/mol. The van der Waals surface area contributed by atoms with Gasteiger partial charge in [-0.25, -0.2) is 4.79 Å². The lowest BCUT2D eigenvalue weighted by Gasteiger charge is -2.06. The van der Waals surface area contributed by atoms with Crippen molar-refractivity contribution in [2.24, 2.45) is 0 Å². The number of benzene rings is 1. The molecule has 0 bridgehead atoms. The minimum Gasteiger partial charge on any atom is -0.483 e. The van der Waals surface area contributed by atoms with E-state index in [4.69, 9.17) is 14.4 Å². The number of carboxylic acid groups (broad SMARTS) is 1. The molecule has 0 saturated heterocycles. The van der Waals surface area contributed by atoms with Crippen LogP contribution >= 0.6 is 15.9 Å². The molecular weight excluding hydrogens is 328 g/mol. The van der Waals surface area contributed by atoms with Crippen LogP contribution in [0, 0.1) is 0 Å². The third-order valence-corrected chi connectivity index (χ3v) is 3.13. The van der Waals surface area contributed by atoms with Gasteiger partial charge in [0.05, 0.1) is 10.0 Å². The third-order valence-electron chi connectivity index (χ3n) is 2.51. The molecule has 7 heteroatoms. The first-order valence-electron chi connectivity index (χ1n) is 6.07. The fourth-order valence-electron chi connectivity index (χ4n) is 1.56. The van der Waals surface area contributed by atoms with Gasteiger partial charge in [-0.1, -0.05) is 12.1 Å². The summed E-state index contributed by atoms with van der Waals surface area (Å²) in [5, 5.41) is 12.7. The number of rotatable bonds is 6. The summed E-state index contributed by atoms with van der Waals surface area (Å²) in [5.41, 5.74) is 0.187. The van der Waals surface area contributed by atoms with E-state index in [9.17, 15) is 4.79 Å². The van der Waals surface area contributed by atoms with Crippen LogP contribution < -0.4 is 4.74 Å². The van der Waals surface area contributed by atoms with Gasteiger partial charge in [-0.3, -0.25) is 0 Å². The van der Waals surface area contributed by atoms with Crippen LogP contribution in [0.2, 0.25) is 0 Å². The van der Waals surface area contributed by atoms with Crippen molar-refractivity contribution in [1.82, 2.24) is 10.1 Å². The minimum absolute atomic E-state index is 0.141. The van der Waals surface area contributed by atoms with E-state index in [-0.39, 0.29) is 12.2 Å². The fourth-order valence-corrected chi connectivity index (χ4v) is 2.06. The fraction of sp³-hybridized carbons (Fsp3) is 0.308. The summed E-state index contributed by atoms with van der Waals surface area (Å²) in [6, 6.07) is 4.53. The number of aromatic nitrogens is 2. The molecule has 20 heavy (non-hydrogen) atoms. The van der Waals surface area contributed by atoms with Crippen LogP contribution in [0.3, 0.4) is 0 Å². The van der Waals surface area contributed by atoms with Crippen LogP contribution in [-0.4, -0.2) is 21.2 Å². The van der Waals surface area contributed by atoms with E-state index in [2.05, 4.69) is 26.1 Å². The first kappa shape index (κ1) is 14.5. The molecule has 1 heterocycles. The van der Waals surface area contributed by atoms with Crippen LogP contribution in [-0.2, 0) is 13.0 Å². The van der Waals surface area contributed by atoms with Gasteiger partial charge in [0.25, 0.3) is 5.89 Å². The molecule has 106 valence electrons. The van der Waals surface area contributed by atoms with Crippen molar-refractivity contribution in [1.29, 1.82) is 0 Å². The van der Waals surface area contributed by atoms with Crippen molar-refractivity contribution < 1.29 is 19.2 Å². The standard InChI is InChI=1S/C13H13BrN2O4/c1-2-3-11-15-12(20-16-11)7-19-10-5-4-8(13(17)18)6-9(10)14/h4-6H,2-3,7H2,1H3,(H,17,18). The summed E-state index contributed by atoms with van der Waals surface area (Å²) in [6.07, 6.45) is 1.71. The predicted molar refractivity (Wildman–Crippen MR) is 73.7 cm³/mol. The van der Waals surface area contributed by atoms with Gasteiger partial charge in [0.15, 0.2) is 12.4 Å². The maximum Gasteiger partial charge on any atom is 0.335 e. The lowest BCUT2D eigenvalue weighted by atomic mass is 10.2. The second-order valence-corrected chi connectivity index (χ2v) is 4.95. The number of carbonyl (C=O) groups is 1. The maximum atomic E-state index is 10.8. The van der Waals surface area contributed by atoms with Gasteiger partial charge in [0.1, 0.15) is 5.75 Å². The molecule has 0 spiro atoms. The Labute approximate surface area is 123 Å². The lowest BCUT2D eigenvalue weighted by Crippen LogP contribution is -1.99. The number of hydrogen-bond donors (Lipinski definition) is 1. The Kier molecular flexibility index (Phi) is 4.73. The molecule has 1 aromatic carbocycles. The Morgan fingerprint density at radius 1 is 1.50 bits per heavy atom. The Morgan fingerprint density at radius 3 is 2.95 bits per heavy atom. The maximum absolute atomic E-state index is 10.8. The quantitative estimate of drug-likeness (QED) is 0.869. The zero-order chi connectivity index (χ0) is 14.5. The van der Waals surface area contributed by atoms with Gasteiger partial charge in [-0.15, -0.1) is 0 Å². The van der Waals surface area contributed by atoms with Crippen LogP contribution in [0.25, 0.3) is 0 Å². The van der Waals surface area contributed by atoms with Crippen molar-refractivity contribution in [3.05, 3.63) is 40.0 Å². The number of aryl methyl sites for hydroxylation is 1. The van der Waals surface area contributed by atoms with Crippen molar-refractivity contribution in [2.45, 2.75) is 26.4 Å². The van der Waals surface area contributed by atoms with Crippen LogP contribution in [0.4, 0.5) is 0 Å². The van der Waals surface area contributed by atoms with Gasteiger partial charge >= 0.3 is 5.97 Å². The molecule has 0 radical (unpaired) electrons. The van der Waals surface area contributed by atoms with E-state index in [1.807, 2.05) is 6.92 Å². The Bertz CT molecular complexity index is 612. The van der Waals surface area contributed by atoms with Gasteiger partial charge in [-0.2, -0.15) is 4.98 Å². The number of halogens is 1. The van der Waals surface area contributed by atoms with Crippen molar-refractivity contribution in [3.63, 3.8) is 0 Å². The first-order chi connectivity index (χ1) is 9.60. The molecule has 0 amide bonds. The average molecular weight is 341 g/mol. The summed E-state index contributed by atoms with van der Waals surface area (Å²) in [6.45, 7) is 2.18. The molecule has 0 atom stereocenters. The number of nitrogens with zero attached hydrogens (tertiary/aromatic N) is 2. The number of hydrogen-bond acceptors (Lipinski definition) is 5. The summed E-state index contributed by atoms with van der Waals surface area (Å²) in [5.74, 6) is 0.581. The molecule has 1 aromatic heterocycles. The molecule has 0 unspecified atom stereocenters. The number of carboxylic acids is 1. The normalized spacial score (nSPS) is 10.5.